The van der Waals surface area contributed by atoms with Gasteiger partial charge < -0.3 is 24.9 Å². The average molecular weight is 473 g/mol. The van der Waals surface area contributed by atoms with Crippen LogP contribution in [0.4, 0.5) is 0 Å². The average Bonchev–Trinajstić information content (AvgIpc) is 3.44. The molecule has 0 saturated carbocycles. The summed E-state index contributed by atoms with van der Waals surface area (Å²) in [4.78, 5) is 40.4. The molecule has 1 fully saturated rings. The van der Waals surface area contributed by atoms with Crippen molar-refractivity contribution in [1.29, 1.82) is 0 Å². The minimum Gasteiger partial charge on any atom is -0.459 e. The number of piperazine rings is 1. The van der Waals surface area contributed by atoms with Crippen molar-refractivity contribution in [2.75, 3.05) is 27.2 Å². The van der Waals surface area contributed by atoms with E-state index >= 15 is 0 Å². The van der Waals surface area contributed by atoms with Crippen molar-refractivity contribution >= 4 is 17.7 Å². The second-order valence-corrected chi connectivity index (χ2v) is 9.06. The Kier molecular flexibility index (Phi) is 6.13. The predicted octanol–water partition coefficient (Wildman–Crippen LogP) is 2.64. The first kappa shape index (κ1) is 22.9. The number of fused-ring (bicyclic) bond motifs is 1. The van der Waals surface area contributed by atoms with Gasteiger partial charge in [0, 0.05) is 44.9 Å². The lowest BCUT2D eigenvalue weighted by Crippen LogP contribution is -2.54. The van der Waals surface area contributed by atoms with Gasteiger partial charge in [-0.2, -0.15) is 0 Å². The summed E-state index contributed by atoms with van der Waals surface area (Å²) in [7, 11) is 3.52. The molecule has 1 saturated heterocycles. The van der Waals surface area contributed by atoms with Gasteiger partial charge in [-0.15, -0.1) is 0 Å². The molecule has 2 aliphatic heterocycles. The summed E-state index contributed by atoms with van der Waals surface area (Å²) in [5.41, 5.74) is 4.68. The zero-order valence-electron chi connectivity index (χ0n) is 19.8. The van der Waals surface area contributed by atoms with Crippen LogP contribution in [0.2, 0.25) is 0 Å². The van der Waals surface area contributed by atoms with Gasteiger partial charge in [-0.05, 0) is 34.9 Å². The highest BCUT2D eigenvalue weighted by Gasteiger charge is 2.28. The van der Waals surface area contributed by atoms with Crippen LogP contribution in [0.1, 0.15) is 28.1 Å². The first-order chi connectivity index (χ1) is 16.9. The van der Waals surface area contributed by atoms with Crippen LogP contribution in [-0.4, -0.2) is 60.7 Å². The molecular weight excluding hydrogens is 444 g/mol. The Bertz CT molecular complexity index is 1300. The van der Waals surface area contributed by atoms with Gasteiger partial charge in [0.15, 0.2) is 0 Å². The van der Waals surface area contributed by atoms with E-state index in [9.17, 15) is 14.4 Å². The number of nitrogens with one attached hydrogen (secondary N) is 2. The van der Waals surface area contributed by atoms with Gasteiger partial charge in [-0.25, -0.2) is 0 Å². The first-order valence-electron chi connectivity index (χ1n) is 11.7. The lowest BCUT2D eigenvalue weighted by Gasteiger charge is -2.25. The highest BCUT2D eigenvalue weighted by Crippen LogP contribution is 2.38. The number of rotatable bonds is 6. The van der Waals surface area contributed by atoms with Gasteiger partial charge in [-0.1, -0.05) is 36.4 Å². The molecule has 3 amide bonds. The number of hydrogen-bond acceptors (Lipinski definition) is 5. The van der Waals surface area contributed by atoms with Crippen molar-refractivity contribution in [2.45, 2.75) is 25.6 Å². The van der Waals surface area contributed by atoms with E-state index in [-0.39, 0.29) is 24.1 Å². The quantitative estimate of drug-likeness (QED) is 0.575. The molecule has 3 aromatic rings. The van der Waals surface area contributed by atoms with Crippen LogP contribution in [-0.2, 0) is 22.7 Å². The summed E-state index contributed by atoms with van der Waals surface area (Å²) in [6.07, 6.45) is 0.102. The first-order valence-corrected chi connectivity index (χ1v) is 11.7. The molecule has 0 aliphatic carbocycles. The third-order valence-corrected chi connectivity index (χ3v) is 6.62. The van der Waals surface area contributed by atoms with E-state index in [1.807, 2.05) is 61.6 Å². The molecule has 8 nitrogen and oxygen atoms in total. The summed E-state index contributed by atoms with van der Waals surface area (Å²) in [6, 6.07) is 17.1. The SMILES string of the molecule is CN(Cc1ccc(-c2ccccc2-c2cccc3c2CN(C)C3=O)o1)C(=O)CC1NCCNC1=O. The molecule has 5 rings (SSSR count). The maximum Gasteiger partial charge on any atom is 0.254 e. The van der Waals surface area contributed by atoms with E-state index in [2.05, 4.69) is 10.6 Å². The van der Waals surface area contributed by atoms with E-state index in [4.69, 9.17) is 4.42 Å². The Morgan fingerprint density at radius 2 is 1.74 bits per heavy atom. The van der Waals surface area contributed by atoms with Crippen LogP contribution in [0.25, 0.3) is 22.5 Å². The number of furan rings is 1. The highest BCUT2D eigenvalue weighted by molar-refractivity contribution is 6.01. The maximum atomic E-state index is 12.7. The van der Waals surface area contributed by atoms with Crippen LogP contribution in [0.15, 0.2) is 59.0 Å². The standard InChI is InChI=1S/C27H28N4O4/c1-30(25(32)14-23-26(33)29-13-12-28-23)15-17-10-11-24(35-17)20-7-4-3-6-18(20)19-8-5-9-21-22(19)16-31(2)27(21)34/h3-11,23,28H,12-16H2,1-2H3,(H,29,33). The number of hydrogen-bond donors (Lipinski definition) is 2. The van der Waals surface area contributed by atoms with E-state index < -0.39 is 6.04 Å². The fraction of sp³-hybridized carbons (Fsp3) is 0.296. The van der Waals surface area contributed by atoms with Crippen molar-refractivity contribution in [2.24, 2.45) is 0 Å². The summed E-state index contributed by atoms with van der Waals surface area (Å²) in [5, 5.41) is 5.86. The monoisotopic (exact) mass is 472 g/mol. The van der Waals surface area contributed by atoms with Gasteiger partial charge in [0.1, 0.15) is 11.5 Å². The number of carbonyl (C=O) groups is 3. The molecule has 2 aromatic carbocycles. The van der Waals surface area contributed by atoms with Crippen molar-refractivity contribution in [3.8, 4) is 22.5 Å². The highest BCUT2D eigenvalue weighted by atomic mass is 16.3. The van der Waals surface area contributed by atoms with E-state index in [0.29, 0.717) is 37.7 Å². The van der Waals surface area contributed by atoms with Crippen molar-refractivity contribution < 1.29 is 18.8 Å². The van der Waals surface area contributed by atoms with Crippen molar-refractivity contribution in [3.05, 3.63) is 71.5 Å². The zero-order valence-corrected chi connectivity index (χ0v) is 19.8. The zero-order chi connectivity index (χ0) is 24.5. The molecule has 2 N–H and O–H groups in total. The van der Waals surface area contributed by atoms with Crippen LogP contribution < -0.4 is 10.6 Å². The van der Waals surface area contributed by atoms with Crippen molar-refractivity contribution in [3.63, 3.8) is 0 Å². The second-order valence-electron chi connectivity index (χ2n) is 9.06. The maximum absolute atomic E-state index is 12.7. The summed E-state index contributed by atoms with van der Waals surface area (Å²) in [5.74, 6) is 1.11. The molecule has 1 unspecified atom stereocenters. The molecule has 3 heterocycles. The van der Waals surface area contributed by atoms with Gasteiger partial charge in [0.05, 0.1) is 19.0 Å². The third kappa shape index (κ3) is 4.44. The molecule has 1 aromatic heterocycles. The molecule has 0 bridgehead atoms. The van der Waals surface area contributed by atoms with E-state index in [1.54, 1.807) is 16.8 Å². The molecule has 8 heteroatoms. The van der Waals surface area contributed by atoms with Crippen LogP contribution in [0, 0.1) is 0 Å². The molecule has 1 atom stereocenters. The Balaban J connectivity index is 1.36. The van der Waals surface area contributed by atoms with Gasteiger partial charge >= 0.3 is 0 Å². The fourth-order valence-electron chi connectivity index (χ4n) is 4.73. The summed E-state index contributed by atoms with van der Waals surface area (Å²) >= 11 is 0. The van der Waals surface area contributed by atoms with E-state index in [0.717, 1.165) is 27.8 Å². The summed E-state index contributed by atoms with van der Waals surface area (Å²) in [6.45, 7) is 2.11. The molecule has 180 valence electrons. The van der Waals surface area contributed by atoms with Gasteiger partial charge in [0.2, 0.25) is 11.8 Å². The molecule has 0 radical (unpaired) electrons. The number of carbonyl (C=O) groups excluding carboxylic acids is 3. The lowest BCUT2D eigenvalue weighted by molar-refractivity contribution is -0.135. The van der Waals surface area contributed by atoms with E-state index in [1.165, 1.54) is 0 Å². The van der Waals surface area contributed by atoms with Crippen LogP contribution >= 0.6 is 0 Å². The lowest BCUT2D eigenvalue weighted by atomic mass is 9.92. The van der Waals surface area contributed by atoms with Crippen LogP contribution in [0.5, 0.6) is 0 Å². The topological polar surface area (TPSA) is 94.9 Å². The summed E-state index contributed by atoms with van der Waals surface area (Å²) < 4.78 is 6.16. The van der Waals surface area contributed by atoms with Gasteiger partial charge in [-0.3, -0.25) is 14.4 Å². The third-order valence-electron chi connectivity index (χ3n) is 6.62. The Labute approximate surface area is 203 Å². The smallest absolute Gasteiger partial charge is 0.254 e. The van der Waals surface area contributed by atoms with Crippen LogP contribution in [0.3, 0.4) is 0 Å². The largest absolute Gasteiger partial charge is 0.459 e. The van der Waals surface area contributed by atoms with Crippen molar-refractivity contribution in [1.82, 2.24) is 20.4 Å². The second kappa shape index (κ2) is 9.38. The normalized spacial score (nSPS) is 17.3. The Morgan fingerprint density at radius 3 is 2.54 bits per heavy atom. The molecule has 0 spiro atoms. The minimum absolute atomic E-state index is 0.0354. The number of amides is 3. The fourth-order valence-corrected chi connectivity index (χ4v) is 4.73. The molecule has 2 aliphatic rings. The van der Waals surface area contributed by atoms with Gasteiger partial charge in [0.25, 0.3) is 5.91 Å². The Hall–Kier alpha value is -3.91. The minimum atomic E-state index is -0.503. The number of nitrogens with zero attached hydrogens (tertiary/aromatic N) is 2. The number of benzene rings is 2. The Morgan fingerprint density at radius 1 is 1.00 bits per heavy atom. The molecular formula is C27H28N4O4. The predicted molar refractivity (Wildman–Crippen MR) is 131 cm³/mol. The molecule has 35 heavy (non-hydrogen) atoms.